The van der Waals surface area contributed by atoms with Crippen molar-refractivity contribution in [1.82, 2.24) is 4.31 Å². The van der Waals surface area contributed by atoms with E-state index in [1.165, 1.54) is 5.57 Å². The van der Waals surface area contributed by atoms with Gasteiger partial charge in [0.15, 0.2) is 0 Å². The van der Waals surface area contributed by atoms with Crippen molar-refractivity contribution >= 4 is 30.3 Å². The largest absolute Gasteiger partial charge is 0.226 e. The van der Waals surface area contributed by atoms with E-state index in [-0.39, 0.29) is 0 Å². The maximum Gasteiger partial charge on any atom is 0.0709 e. The predicted octanol–water partition coefficient (Wildman–Crippen LogP) is 2.89. The molecule has 62 valence electrons. The molecule has 0 N–H and O–H groups in total. The van der Waals surface area contributed by atoms with Gasteiger partial charge in [0.25, 0.3) is 0 Å². The van der Waals surface area contributed by atoms with Gasteiger partial charge in [-0.15, -0.1) is 6.42 Å². The van der Waals surface area contributed by atoms with Gasteiger partial charge >= 0.3 is 0 Å². The van der Waals surface area contributed by atoms with Crippen LogP contribution in [0.3, 0.4) is 0 Å². The Hall–Kier alpha value is 0.340. The number of halogens is 1. The van der Waals surface area contributed by atoms with E-state index in [2.05, 4.69) is 51.4 Å². The normalized spacial score (nSPS) is 9.36. The van der Waals surface area contributed by atoms with Crippen LogP contribution in [0.4, 0.5) is 0 Å². The monoisotopic (exact) mass is 281 g/mol. The third kappa shape index (κ3) is 6.73. The van der Waals surface area contributed by atoms with Crippen LogP contribution in [0.25, 0.3) is 0 Å². The molecular formula is C8H12INS. The summed E-state index contributed by atoms with van der Waals surface area (Å²) in [7, 11) is 1.65. The Bertz CT molecular complexity index is 167. The van der Waals surface area contributed by atoms with E-state index in [0.29, 0.717) is 6.54 Å². The molecule has 3 heteroatoms. The molecule has 0 saturated heterocycles. The molecule has 0 aromatic carbocycles. The summed E-state index contributed by atoms with van der Waals surface area (Å²) >= 11 is 2.24. The molecule has 0 aromatic heterocycles. The predicted molar refractivity (Wildman–Crippen MR) is 61.4 cm³/mol. The lowest BCUT2D eigenvalue weighted by Crippen LogP contribution is -2.13. The minimum Gasteiger partial charge on any atom is -0.226 e. The van der Waals surface area contributed by atoms with Crippen molar-refractivity contribution in [3.05, 3.63) is 11.6 Å². The fourth-order valence-corrected chi connectivity index (χ4v) is 1.66. The lowest BCUT2D eigenvalue weighted by molar-refractivity contribution is 0.593. The van der Waals surface area contributed by atoms with E-state index in [1.54, 1.807) is 9.12 Å². The minimum absolute atomic E-state index is 0.706. The van der Waals surface area contributed by atoms with Crippen molar-refractivity contribution in [3.8, 4) is 12.3 Å². The van der Waals surface area contributed by atoms with Gasteiger partial charge in [-0.1, -0.05) is 17.6 Å². The summed E-state index contributed by atoms with van der Waals surface area (Å²) in [6.45, 7) is 5.81. The second-order valence-corrected chi connectivity index (χ2v) is 4.21. The standard InChI is InChI=1S/C8H12INS/c1-4-6-10(11-9)7-5-8(2)3/h1,5H,6-7H2,2-3H3. The number of hydrogen-bond donors (Lipinski definition) is 0. The highest BCUT2D eigenvalue weighted by Crippen LogP contribution is 2.17. The SMILES string of the molecule is C#CCN(CC=C(C)C)SI. The summed E-state index contributed by atoms with van der Waals surface area (Å²) in [6, 6.07) is 0. The zero-order valence-corrected chi connectivity index (χ0v) is 9.78. The summed E-state index contributed by atoms with van der Waals surface area (Å²) < 4.78 is 2.12. The van der Waals surface area contributed by atoms with Crippen molar-refractivity contribution in [3.63, 3.8) is 0 Å². The summed E-state index contributed by atoms with van der Waals surface area (Å²) in [5.41, 5.74) is 1.33. The highest BCUT2D eigenvalue weighted by molar-refractivity contribution is 14.2. The summed E-state index contributed by atoms with van der Waals surface area (Å²) in [5, 5.41) is 0. The molecule has 0 heterocycles. The Balaban J connectivity index is 3.71. The first-order chi connectivity index (χ1) is 5.20. The average Bonchev–Trinajstić information content (AvgIpc) is 1.97. The van der Waals surface area contributed by atoms with E-state index in [4.69, 9.17) is 6.42 Å². The Kier molecular flexibility index (Phi) is 7.23. The molecule has 0 aliphatic carbocycles. The number of rotatable bonds is 4. The number of nitrogens with zero attached hydrogens (tertiary/aromatic N) is 1. The summed E-state index contributed by atoms with van der Waals surface area (Å²) in [5.74, 6) is 2.61. The molecule has 0 fully saturated rings. The van der Waals surface area contributed by atoms with E-state index in [0.717, 1.165) is 6.54 Å². The molecule has 0 spiro atoms. The van der Waals surface area contributed by atoms with E-state index >= 15 is 0 Å². The maximum atomic E-state index is 5.18. The molecule has 0 bridgehead atoms. The molecule has 0 amide bonds. The molecule has 0 aromatic rings. The van der Waals surface area contributed by atoms with Crippen LogP contribution in [-0.4, -0.2) is 17.4 Å². The van der Waals surface area contributed by atoms with Gasteiger partial charge in [-0.3, -0.25) is 0 Å². The van der Waals surface area contributed by atoms with Crippen molar-refractivity contribution in [1.29, 1.82) is 0 Å². The smallest absolute Gasteiger partial charge is 0.0709 e. The van der Waals surface area contributed by atoms with Crippen LogP contribution in [0.2, 0.25) is 0 Å². The van der Waals surface area contributed by atoms with Crippen molar-refractivity contribution in [2.24, 2.45) is 0 Å². The Morgan fingerprint density at radius 3 is 2.73 bits per heavy atom. The molecule has 11 heavy (non-hydrogen) atoms. The molecule has 0 rings (SSSR count). The van der Waals surface area contributed by atoms with Crippen LogP contribution in [0, 0.1) is 12.3 Å². The Labute approximate surface area is 85.3 Å². The molecule has 0 atom stereocenters. The quantitative estimate of drug-likeness (QED) is 0.337. The van der Waals surface area contributed by atoms with Gasteiger partial charge in [0, 0.05) is 27.8 Å². The third-order valence-electron chi connectivity index (χ3n) is 1.07. The molecule has 1 nitrogen and oxygen atoms in total. The van der Waals surface area contributed by atoms with E-state index < -0.39 is 0 Å². The lowest BCUT2D eigenvalue weighted by Gasteiger charge is -2.11. The molecule has 0 radical (unpaired) electrons. The third-order valence-corrected chi connectivity index (χ3v) is 3.21. The molecular weight excluding hydrogens is 269 g/mol. The second kappa shape index (κ2) is 7.01. The first-order valence-electron chi connectivity index (χ1n) is 3.31. The van der Waals surface area contributed by atoms with Gasteiger partial charge < -0.3 is 0 Å². The summed E-state index contributed by atoms with van der Waals surface area (Å²) in [4.78, 5) is 0. The van der Waals surface area contributed by atoms with Crippen LogP contribution in [0.15, 0.2) is 11.6 Å². The first-order valence-corrected chi connectivity index (χ1v) is 6.62. The topological polar surface area (TPSA) is 3.24 Å². The molecule has 0 saturated carbocycles. The van der Waals surface area contributed by atoms with Crippen LogP contribution >= 0.6 is 30.3 Å². The van der Waals surface area contributed by atoms with Crippen LogP contribution in [-0.2, 0) is 0 Å². The fraction of sp³-hybridized carbons (Fsp3) is 0.500. The van der Waals surface area contributed by atoms with Crippen molar-refractivity contribution < 1.29 is 0 Å². The van der Waals surface area contributed by atoms with Gasteiger partial charge in [0.1, 0.15) is 0 Å². The van der Waals surface area contributed by atoms with Crippen LogP contribution < -0.4 is 0 Å². The minimum atomic E-state index is 0.706. The average molecular weight is 281 g/mol. The van der Waals surface area contributed by atoms with Gasteiger partial charge in [-0.25, -0.2) is 4.31 Å². The number of hydrogen-bond acceptors (Lipinski definition) is 2. The highest BCUT2D eigenvalue weighted by atomic mass is 127. The van der Waals surface area contributed by atoms with Crippen molar-refractivity contribution in [2.75, 3.05) is 13.1 Å². The van der Waals surface area contributed by atoms with Gasteiger partial charge in [-0.2, -0.15) is 0 Å². The van der Waals surface area contributed by atoms with Gasteiger partial charge in [-0.05, 0) is 23.0 Å². The lowest BCUT2D eigenvalue weighted by atomic mass is 10.3. The molecule has 0 aliphatic heterocycles. The maximum absolute atomic E-state index is 5.18. The van der Waals surface area contributed by atoms with Crippen LogP contribution in [0.1, 0.15) is 13.8 Å². The Morgan fingerprint density at radius 1 is 1.73 bits per heavy atom. The van der Waals surface area contributed by atoms with Gasteiger partial charge in [0.2, 0.25) is 0 Å². The number of allylic oxidation sites excluding steroid dienone is 1. The molecule has 0 aliphatic rings. The van der Waals surface area contributed by atoms with Gasteiger partial charge in [0.05, 0.1) is 6.54 Å². The van der Waals surface area contributed by atoms with Crippen molar-refractivity contribution in [2.45, 2.75) is 13.8 Å². The zero-order valence-electron chi connectivity index (χ0n) is 6.80. The van der Waals surface area contributed by atoms with E-state index in [9.17, 15) is 0 Å². The number of terminal acetylenes is 1. The van der Waals surface area contributed by atoms with E-state index in [1.807, 2.05) is 0 Å². The highest BCUT2D eigenvalue weighted by Gasteiger charge is 1.97. The van der Waals surface area contributed by atoms with Crippen LogP contribution in [0.5, 0.6) is 0 Å². The summed E-state index contributed by atoms with van der Waals surface area (Å²) in [6.07, 6.45) is 7.35. The first kappa shape index (κ1) is 11.3. The molecule has 0 unspecified atom stereocenters. The second-order valence-electron chi connectivity index (χ2n) is 2.38. The fourth-order valence-electron chi connectivity index (χ4n) is 0.503. The zero-order chi connectivity index (χ0) is 8.69. The Morgan fingerprint density at radius 2 is 2.36 bits per heavy atom.